The molecule has 0 N–H and O–H groups in total. The summed E-state index contributed by atoms with van der Waals surface area (Å²) < 4.78 is 40.2. The zero-order valence-corrected chi connectivity index (χ0v) is 19.0. The molecule has 10 heteroatoms. The van der Waals surface area contributed by atoms with Gasteiger partial charge in [0.1, 0.15) is 6.54 Å². The molecule has 2 aromatic carbocycles. The summed E-state index contributed by atoms with van der Waals surface area (Å²) in [6.07, 6.45) is -4.35. The van der Waals surface area contributed by atoms with Crippen molar-refractivity contribution in [3.8, 4) is 6.07 Å². The number of nitrogens with zero attached hydrogens (tertiary/aromatic N) is 4. The third kappa shape index (κ3) is 4.37. The number of allylic oxidation sites excluding steroid dienone is 1. The summed E-state index contributed by atoms with van der Waals surface area (Å²) in [4.78, 5) is 43.1. The Morgan fingerprint density at radius 2 is 1.80 bits per heavy atom. The monoisotopic (exact) mass is 482 g/mol. The van der Waals surface area contributed by atoms with Gasteiger partial charge >= 0.3 is 12.2 Å². The number of likely N-dealkylation sites (N-methyl/N-ethyl adjacent to an activating group) is 1. The number of nitriles is 1. The number of halogens is 3. The standard InChI is InChI=1S/C25H21F3N4O3/c1-30(2)21(34)14-31-23(16-8-6-15(13-29)7-9-16)22-19(10-11-20(22)33)32(24(31)35)18-5-3-4-17(12-18)25(26,27)28/h3-9,12,23H,10-11,14H2,1-2H3. The molecule has 0 aromatic heterocycles. The first-order valence-electron chi connectivity index (χ1n) is 10.8. The summed E-state index contributed by atoms with van der Waals surface area (Å²) >= 11 is 0. The van der Waals surface area contributed by atoms with Crippen LogP contribution in [0.2, 0.25) is 0 Å². The Morgan fingerprint density at radius 1 is 1.11 bits per heavy atom. The summed E-state index contributed by atoms with van der Waals surface area (Å²) in [6, 6.07) is 11.0. The minimum Gasteiger partial charge on any atom is -0.347 e. The van der Waals surface area contributed by atoms with Crippen molar-refractivity contribution in [1.82, 2.24) is 9.80 Å². The molecular weight excluding hydrogens is 461 g/mol. The Kier molecular flexibility index (Phi) is 6.11. The van der Waals surface area contributed by atoms with E-state index >= 15 is 0 Å². The number of rotatable bonds is 4. The van der Waals surface area contributed by atoms with Crippen LogP contribution in [0.1, 0.15) is 35.6 Å². The Labute approximate surface area is 199 Å². The highest BCUT2D eigenvalue weighted by Gasteiger charge is 2.46. The van der Waals surface area contributed by atoms with Crippen molar-refractivity contribution in [2.75, 3.05) is 25.5 Å². The molecule has 2 aromatic rings. The first-order valence-corrected chi connectivity index (χ1v) is 10.8. The molecule has 0 saturated heterocycles. The van der Waals surface area contributed by atoms with Crippen LogP contribution in [0.5, 0.6) is 0 Å². The second-order valence-electron chi connectivity index (χ2n) is 8.50. The van der Waals surface area contributed by atoms with Gasteiger partial charge in [0.25, 0.3) is 0 Å². The minimum atomic E-state index is -4.62. The van der Waals surface area contributed by atoms with Gasteiger partial charge in [-0.3, -0.25) is 14.5 Å². The van der Waals surface area contributed by atoms with Crippen molar-refractivity contribution in [3.05, 3.63) is 76.5 Å². The minimum absolute atomic E-state index is 0.0346. The van der Waals surface area contributed by atoms with Crippen LogP contribution < -0.4 is 4.90 Å². The number of carbonyl (C=O) groups excluding carboxylic acids is 3. The zero-order valence-electron chi connectivity index (χ0n) is 19.0. The highest BCUT2D eigenvalue weighted by molar-refractivity contribution is 6.08. The van der Waals surface area contributed by atoms with E-state index in [2.05, 4.69) is 0 Å². The predicted octanol–water partition coefficient (Wildman–Crippen LogP) is 4.27. The maximum atomic E-state index is 13.8. The number of amides is 3. The van der Waals surface area contributed by atoms with E-state index < -0.39 is 36.3 Å². The molecule has 1 unspecified atom stereocenters. The average molecular weight is 482 g/mol. The summed E-state index contributed by atoms with van der Waals surface area (Å²) in [6.45, 7) is -0.393. The number of carbonyl (C=O) groups is 3. The molecule has 7 nitrogen and oxygen atoms in total. The molecular formula is C25H21F3N4O3. The molecule has 0 bridgehead atoms. The fraction of sp³-hybridized carbons (Fsp3) is 0.280. The van der Waals surface area contributed by atoms with Gasteiger partial charge in [-0.2, -0.15) is 18.4 Å². The Hall–Kier alpha value is -4.13. The number of ketones is 1. The van der Waals surface area contributed by atoms with Gasteiger partial charge in [0.15, 0.2) is 5.78 Å². The SMILES string of the molecule is CN(C)C(=O)CN1C(=O)N(c2cccc(C(F)(F)F)c2)C2=C(C(=O)CC2)C1c1ccc(C#N)cc1. The summed E-state index contributed by atoms with van der Waals surface area (Å²) in [5, 5.41) is 9.13. The second-order valence-corrected chi connectivity index (χ2v) is 8.50. The number of urea groups is 1. The van der Waals surface area contributed by atoms with Crippen LogP contribution in [0.3, 0.4) is 0 Å². The molecule has 35 heavy (non-hydrogen) atoms. The summed E-state index contributed by atoms with van der Waals surface area (Å²) in [7, 11) is 3.03. The lowest BCUT2D eigenvalue weighted by molar-refractivity contribution is -0.137. The molecule has 180 valence electrons. The first-order chi connectivity index (χ1) is 16.5. The summed E-state index contributed by atoms with van der Waals surface area (Å²) in [5.41, 5.74) is 0.521. The van der Waals surface area contributed by atoms with E-state index in [-0.39, 0.29) is 29.9 Å². The van der Waals surface area contributed by atoms with Crippen LogP contribution in [0.25, 0.3) is 0 Å². The van der Waals surface area contributed by atoms with Crippen molar-refractivity contribution < 1.29 is 27.6 Å². The Balaban J connectivity index is 1.91. The van der Waals surface area contributed by atoms with Crippen LogP contribution in [0, 0.1) is 11.3 Å². The maximum absolute atomic E-state index is 13.8. The van der Waals surface area contributed by atoms with Crippen LogP contribution in [0.15, 0.2) is 59.8 Å². The zero-order chi connectivity index (χ0) is 25.5. The van der Waals surface area contributed by atoms with E-state index in [9.17, 15) is 27.6 Å². The van der Waals surface area contributed by atoms with Gasteiger partial charge in [-0.25, -0.2) is 4.79 Å². The number of hydrogen-bond acceptors (Lipinski definition) is 4. The molecule has 4 rings (SSSR count). The Bertz CT molecular complexity index is 1280. The molecule has 0 saturated carbocycles. The molecule has 0 fully saturated rings. The number of Topliss-reactive ketones (excluding diaryl/α,β-unsaturated/α-hetero) is 1. The van der Waals surface area contributed by atoms with E-state index in [1.165, 1.54) is 36.0 Å². The lowest BCUT2D eigenvalue weighted by Crippen LogP contribution is -2.52. The van der Waals surface area contributed by atoms with E-state index in [1.807, 2.05) is 6.07 Å². The van der Waals surface area contributed by atoms with Gasteiger partial charge < -0.3 is 9.80 Å². The highest BCUT2D eigenvalue weighted by atomic mass is 19.4. The molecule has 1 aliphatic carbocycles. The van der Waals surface area contributed by atoms with Crippen molar-refractivity contribution in [2.24, 2.45) is 0 Å². The van der Waals surface area contributed by atoms with Crippen molar-refractivity contribution in [3.63, 3.8) is 0 Å². The molecule has 1 atom stereocenters. The second kappa shape index (κ2) is 8.91. The van der Waals surface area contributed by atoms with Crippen LogP contribution in [0.4, 0.5) is 23.7 Å². The molecule has 0 radical (unpaired) electrons. The van der Waals surface area contributed by atoms with Crippen molar-refractivity contribution in [2.45, 2.75) is 25.1 Å². The first kappa shape index (κ1) is 24.0. The van der Waals surface area contributed by atoms with Crippen LogP contribution in [-0.4, -0.2) is 48.2 Å². The highest BCUT2D eigenvalue weighted by Crippen LogP contribution is 2.45. The normalized spacial score (nSPS) is 18.0. The fourth-order valence-corrected chi connectivity index (χ4v) is 4.34. The van der Waals surface area contributed by atoms with Crippen LogP contribution >= 0.6 is 0 Å². The van der Waals surface area contributed by atoms with E-state index in [0.717, 1.165) is 17.0 Å². The van der Waals surface area contributed by atoms with E-state index in [1.54, 1.807) is 24.3 Å². The lowest BCUT2D eigenvalue weighted by atomic mass is 9.92. The third-order valence-electron chi connectivity index (χ3n) is 6.08. The smallest absolute Gasteiger partial charge is 0.347 e. The molecule has 1 aliphatic heterocycles. The van der Waals surface area contributed by atoms with Gasteiger partial charge in [0, 0.05) is 31.8 Å². The maximum Gasteiger partial charge on any atom is 0.416 e. The Morgan fingerprint density at radius 3 is 2.40 bits per heavy atom. The van der Waals surface area contributed by atoms with E-state index in [4.69, 9.17) is 5.26 Å². The molecule has 0 spiro atoms. The predicted molar refractivity (Wildman–Crippen MR) is 120 cm³/mol. The topological polar surface area (TPSA) is 84.7 Å². The van der Waals surface area contributed by atoms with Gasteiger partial charge in [-0.15, -0.1) is 0 Å². The van der Waals surface area contributed by atoms with Crippen molar-refractivity contribution >= 4 is 23.4 Å². The third-order valence-corrected chi connectivity index (χ3v) is 6.08. The number of alkyl halides is 3. The van der Waals surface area contributed by atoms with Gasteiger partial charge in [-0.05, 0) is 42.3 Å². The van der Waals surface area contributed by atoms with Crippen molar-refractivity contribution in [1.29, 1.82) is 5.26 Å². The quantitative estimate of drug-likeness (QED) is 0.652. The van der Waals surface area contributed by atoms with E-state index in [0.29, 0.717) is 16.8 Å². The lowest BCUT2D eigenvalue weighted by Gasteiger charge is -2.42. The van der Waals surface area contributed by atoms with Gasteiger partial charge in [-0.1, -0.05) is 18.2 Å². The molecule has 1 heterocycles. The number of anilines is 1. The largest absolute Gasteiger partial charge is 0.416 e. The number of benzene rings is 2. The summed E-state index contributed by atoms with van der Waals surface area (Å²) in [5.74, 6) is -0.670. The number of hydrogen-bond donors (Lipinski definition) is 0. The fourth-order valence-electron chi connectivity index (χ4n) is 4.34. The van der Waals surface area contributed by atoms with Crippen LogP contribution in [-0.2, 0) is 15.8 Å². The molecule has 3 amide bonds. The van der Waals surface area contributed by atoms with Gasteiger partial charge in [0.05, 0.1) is 28.9 Å². The average Bonchev–Trinajstić information content (AvgIpc) is 3.19. The molecule has 2 aliphatic rings. The van der Waals surface area contributed by atoms with Gasteiger partial charge in [0.2, 0.25) is 5.91 Å².